The predicted octanol–water partition coefficient (Wildman–Crippen LogP) is 1.76. The van der Waals surface area contributed by atoms with Crippen molar-refractivity contribution in [1.29, 1.82) is 0 Å². The van der Waals surface area contributed by atoms with Gasteiger partial charge < -0.3 is 19.7 Å². The maximum absolute atomic E-state index is 12.1. The predicted molar refractivity (Wildman–Crippen MR) is 89.6 cm³/mol. The molecule has 1 aliphatic heterocycles. The van der Waals surface area contributed by atoms with Gasteiger partial charge in [-0.2, -0.15) is 0 Å². The number of hydrogen-bond donors (Lipinski definition) is 1. The summed E-state index contributed by atoms with van der Waals surface area (Å²) in [6.45, 7) is 0.799. The van der Waals surface area contributed by atoms with Gasteiger partial charge in [0.25, 0.3) is 0 Å². The first-order valence-corrected chi connectivity index (χ1v) is 8.48. The van der Waals surface area contributed by atoms with E-state index in [9.17, 15) is 14.4 Å². The number of carbonyl (C=O) groups is 3. The van der Waals surface area contributed by atoms with Crippen molar-refractivity contribution in [3.63, 3.8) is 0 Å². The second kappa shape index (κ2) is 7.55. The molecule has 1 heterocycles. The number of ether oxygens (including phenoxy) is 2. The van der Waals surface area contributed by atoms with E-state index in [1.807, 2.05) is 0 Å². The molecule has 0 radical (unpaired) electrons. The molecule has 1 N–H and O–H groups in total. The molecule has 7 heteroatoms. The van der Waals surface area contributed by atoms with Crippen molar-refractivity contribution in [3.05, 3.63) is 29.8 Å². The smallest absolute Gasteiger partial charge is 0.410 e. The first-order valence-electron chi connectivity index (χ1n) is 8.48. The van der Waals surface area contributed by atoms with Crippen LogP contribution < -0.4 is 10.1 Å². The average Bonchev–Trinajstić information content (AvgIpc) is 3.40. The summed E-state index contributed by atoms with van der Waals surface area (Å²) >= 11 is 0. The fourth-order valence-corrected chi connectivity index (χ4v) is 2.82. The Hall–Kier alpha value is -2.57. The van der Waals surface area contributed by atoms with Gasteiger partial charge in [0, 0.05) is 24.4 Å². The van der Waals surface area contributed by atoms with E-state index in [1.165, 1.54) is 7.11 Å². The van der Waals surface area contributed by atoms with Crippen LogP contribution in [-0.4, -0.2) is 55.0 Å². The topological polar surface area (TPSA) is 84.9 Å². The lowest BCUT2D eigenvalue weighted by Gasteiger charge is -2.11. The van der Waals surface area contributed by atoms with Crippen molar-refractivity contribution in [1.82, 2.24) is 10.2 Å². The molecule has 2 amide bonds. The standard InChI is InChI=1S/C18H22N2O5/c1-24-14-4-2-3-12(9-14)16(21)7-8-17(22)19-10-15-11-20(13-5-6-13)18(23)25-15/h2-4,9,13,15H,5-8,10-11H2,1H3,(H,19,22). The molecule has 1 aromatic carbocycles. The van der Waals surface area contributed by atoms with Crippen LogP contribution >= 0.6 is 0 Å². The van der Waals surface area contributed by atoms with Crippen molar-refractivity contribution >= 4 is 17.8 Å². The van der Waals surface area contributed by atoms with Gasteiger partial charge >= 0.3 is 6.09 Å². The van der Waals surface area contributed by atoms with Gasteiger partial charge in [-0.1, -0.05) is 12.1 Å². The lowest BCUT2D eigenvalue weighted by molar-refractivity contribution is -0.121. The van der Waals surface area contributed by atoms with Crippen molar-refractivity contribution in [2.75, 3.05) is 20.2 Å². The second-order valence-corrected chi connectivity index (χ2v) is 6.35. The number of methoxy groups -OCH3 is 1. The van der Waals surface area contributed by atoms with E-state index in [0.717, 1.165) is 12.8 Å². The zero-order chi connectivity index (χ0) is 17.8. The molecule has 134 valence electrons. The molecule has 0 aromatic heterocycles. The minimum atomic E-state index is -0.314. The largest absolute Gasteiger partial charge is 0.497 e. The molecule has 1 saturated heterocycles. The summed E-state index contributed by atoms with van der Waals surface area (Å²) in [5, 5.41) is 2.73. The first-order chi connectivity index (χ1) is 12.1. The Balaban J connectivity index is 1.39. The number of amides is 2. The van der Waals surface area contributed by atoms with Crippen LogP contribution in [-0.2, 0) is 9.53 Å². The summed E-state index contributed by atoms with van der Waals surface area (Å²) in [4.78, 5) is 37.5. The Kier molecular flexibility index (Phi) is 5.21. The fourth-order valence-electron chi connectivity index (χ4n) is 2.82. The van der Waals surface area contributed by atoms with E-state index in [-0.39, 0.29) is 43.3 Å². The minimum absolute atomic E-state index is 0.100. The summed E-state index contributed by atoms with van der Waals surface area (Å²) in [6, 6.07) is 7.18. The molecule has 25 heavy (non-hydrogen) atoms. The summed E-state index contributed by atoms with van der Waals surface area (Å²) in [5.74, 6) is 0.275. The van der Waals surface area contributed by atoms with E-state index >= 15 is 0 Å². The van der Waals surface area contributed by atoms with Gasteiger partial charge in [-0.3, -0.25) is 9.59 Å². The van der Waals surface area contributed by atoms with Gasteiger partial charge in [-0.15, -0.1) is 0 Å². The SMILES string of the molecule is COc1cccc(C(=O)CCC(=O)NCC2CN(C3CC3)C(=O)O2)c1. The second-order valence-electron chi connectivity index (χ2n) is 6.35. The Morgan fingerprint density at radius 3 is 2.84 bits per heavy atom. The molecular formula is C18H22N2O5. The Labute approximate surface area is 146 Å². The van der Waals surface area contributed by atoms with Gasteiger partial charge in [-0.05, 0) is 25.0 Å². The average molecular weight is 346 g/mol. The Morgan fingerprint density at radius 1 is 1.32 bits per heavy atom. The number of Topliss-reactive ketones (excluding diaryl/α,β-unsaturated/α-hetero) is 1. The molecule has 1 atom stereocenters. The van der Waals surface area contributed by atoms with E-state index in [0.29, 0.717) is 23.9 Å². The minimum Gasteiger partial charge on any atom is -0.497 e. The van der Waals surface area contributed by atoms with Gasteiger partial charge in [-0.25, -0.2) is 4.79 Å². The summed E-state index contributed by atoms with van der Waals surface area (Å²) in [6.07, 6.45) is 1.67. The highest BCUT2D eigenvalue weighted by Gasteiger charge is 2.40. The van der Waals surface area contributed by atoms with E-state index in [4.69, 9.17) is 9.47 Å². The highest BCUT2D eigenvalue weighted by Crippen LogP contribution is 2.30. The number of cyclic esters (lactones) is 1. The molecular weight excluding hydrogens is 324 g/mol. The number of hydrogen-bond acceptors (Lipinski definition) is 5. The number of nitrogens with one attached hydrogen (secondary N) is 1. The molecule has 7 nitrogen and oxygen atoms in total. The molecule has 1 saturated carbocycles. The number of rotatable bonds is 8. The Morgan fingerprint density at radius 2 is 2.12 bits per heavy atom. The summed E-state index contributed by atoms with van der Waals surface area (Å²) < 4.78 is 10.3. The molecule has 0 bridgehead atoms. The van der Waals surface area contributed by atoms with Gasteiger partial charge in [0.05, 0.1) is 20.2 Å². The Bertz CT molecular complexity index is 671. The van der Waals surface area contributed by atoms with E-state index in [2.05, 4.69) is 5.32 Å². The molecule has 1 aliphatic carbocycles. The number of ketones is 1. The molecule has 2 aliphatic rings. The number of benzene rings is 1. The van der Waals surface area contributed by atoms with Crippen molar-refractivity contribution < 1.29 is 23.9 Å². The zero-order valence-electron chi connectivity index (χ0n) is 14.2. The molecule has 1 aromatic rings. The van der Waals surface area contributed by atoms with Crippen LogP contribution in [0.1, 0.15) is 36.0 Å². The number of nitrogens with zero attached hydrogens (tertiary/aromatic N) is 1. The van der Waals surface area contributed by atoms with Crippen molar-refractivity contribution in [2.24, 2.45) is 0 Å². The molecule has 0 spiro atoms. The van der Waals surface area contributed by atoms with Crippen LogP contribution in [0.15, 0.2) is 24.3 Å². The highest BCUT2D eigenvalue weighted by molar-refractivity contribution is 5.98. The summed E-state index contributed by atoms with van der Waals surface area (Å²) in [7, 11) is 1.54. The van der Waals surface area contributed by atoms with E-state index < -0.39 is 0 Å². The van der Waals surface area contributed by atoms with Crippen molar-refractivity contribution in [2.45, 2.75) is 37.8 Å². The fraction of sp³-hybridized carbons (Fsp3) is 0.500. The molecule has 3 rings (SSSR count). The lowest BCUT2D eigenvalue weighted by atomic mass is 10.1. The number of carbonyl (C=O) groups excluding carboxylic acids is 3. The third-order valence-corrected chi connectivity index (χ3v) is 4.39. The summed E-state index contributed by atoms with van der Waals surface area (Å²) in [5.41, 5.74) is 0.525. The normalized spacial score (nSPS) is 19.5. The van der Waals surface area contributed by atoms with Crippen LogP contribution in [0.5, 0.6) is 5.75 Å². The van der Waals surface area contributed by atoms with Gasteiger partial charge in [0.2, 0.25) is 5.91 Å². The maximum Gasteiger partial charge on any atom is 0.410 e. The van der Waals surface area contributed by atoms with Crippen LogP contribution in [0.4, 0.5) is 4.79 Å². The molecule has 2 fully saturated rings. The zero-order valence-corrected chi connectivity index (χ0v) is 14.2. The van der Waals surface area contributed by atoms with Crippen LogP contribution in [0.25, 0.3) is 0 Å². The van der Waals surface area contributed by atoms with E-state index in [1.54, 1.807) is 29.2 Å². The maximum atomic E-state index is 12.1. The molecule has 1 unspecified atom stereocenters. The lowest BCUT2D eigenvalue weighted by Crippen LogP contribution is -2.35. The van der Waals surface area contributed by atoms with Crippen molar-refractivity contribution in [3.8, 4) is 5.75 Å². The third kappa shape index (κ3) is 4.49. The van der Waals surface area contributed by atoms with Crippen LogP contribution in [0.3, 0.4) is 0 Å². The first kappa shape index (κ1) is 17.3. The van der Waals surface area contributed by atoms with Gasteiger partial charge in [0.15, 0.2) is 5.78 Å². The highest BCUT2D eigenvalue weighted by atomic mass is 16.6. The van der Waals surface area contributed by atoms with Gasteiger partial charge in [0.1, 0.15) is 11.9 Å². The van der Waals surface area contributed by atoms with Crippen LogP contribution in [0.2, 0.25) is 0 Å². The quantitative estimate of drug-likeness (QED) is 0.725. The third-order valence-electron chi connectivity index (χ3n) is 4.39. The monoisotopic (exact) mass is 346 g/mol. The van der Waals surface area contributed by atoms with Crippen LogP contribution in [0, 0.1) is 0 Å².